The number of anilines is 1. The van der Waals surface area contributed by atoms with Gasteiger partial charge in [0.15, 0.2) is 0 Å². The molecule has 2 rings (SSSR count). The van der Waals surface area contributed by atoms with Crippen molar-refractivity contribution in [2.24, 2.45) is 0 Å². The minimum atomic E-state index is -0.576. The molecule has 0 saturated carbocycles. The molecule has 1 atom stereocenters. The van der Waals surface area contributed by atoms with Crippen LogP contribution in [0.4, 0.5) is 11.4 Å². The van der Waals surface area contributed by atoms with E-state index in [0.717, 1.165) is 0 Å². The second kappa shape index (κ2) is 5.23. The summed E-state index contributed by atoms with van der Waals surface area (Å²) in [5.74, 6) is -0.254. The van der Waals surface area contributed by atoms with Crippen LogP contribution >= 0.6 is 0 Å². The van der Waals surface area contributed by atoms with Gasteiger partial charge in [0.2, 0.25) is 0 Å². The number of carbonyl (C=O) groups excluding carboxylic acids is 1. The number of piperazine rings is 1. The topological polar surface area (TPSA) is 102 Å². The second-order valence-electron chi connectivity index (χ2n) is 4.55. The third kappa shape index (κ3) is 2.50. The van der Waals surface area contributed by atoms with Crippen molar-refractivity contribution >= 4 is 17.3 Å². The van der Waals surface area contributed by atoms with Gasteiger partial charge in [-0.05, 0) is 13.0 Å². The van der Waals surface area contributed by atoms with Crippen molar-refractivity contribution in [1.82, 2.24) is 10.2 Å². The first-order chi connectivity index (χ1) is 9.02. The van der Waals surface area contributed by atoms with E-state index in [0.29, 0.717) is 19.6 Å². The summed E-state index contributed by atoms with van der Waals surface area (Å²) in [5, 5.41) is 14.0. The molecule has 7 heteroatoms. The lowest BCUT2D eigenvalue weighted by atomic mass is 10.1. The largest absolute Gasteiger partial charge is 0.393 e. The first-order valence-corrected chi connectivity index (χ1v) is 6.07. The van der Waals surface area contributed by atoms with Crippen LogP contribution in [0.25, 0.3) is 0 Å². The number of nitrogens with zero attached hydrogens (tertiary/aromatic N) is 2. The van der Waals surface area contributed by atoms with Gasteiger partial charge in [0.1, 0.15) is 5.69 Å². The summed E-state index contributed by atoms with van der Waals surface area (Å²) in [6.45, 7) is 3.92. The van der Waals surface area contributed by atoms with Crippen LogP contribution < -0.4 is 11.1 Å². The van der Waals surface area contributed by atoms with E-state index in [2.05, 4.69) is 5.32 Å². The standard InChI is InChI=1S/C12H16N4O3/c1-8-7-14-5-6-15(8)12(17)9-3-2-4-10(11(9)13)16(18)19/h2-4,8,14H,5-7,13H2,1H3/t8-/m1/s1. The Morgan fingerprint density at radius 1 is 1.58 bits per heavy atom. The molecule has 1 amide bonds. The normalized spacial score (nSPS) is 19.2. The Hall–Kier alpha value is -2.15. The maximum absolute atomic E-state index is 12.4. The number of para-hydroxylation sites is 1. The zero-order valence-corrected chi connectivity index (χ0v) is 10.6. The average Bonchev–Trinajstić information content (AvgIpc) is 2.38. The number of amides is 1. The van der Waals surface area contributed by atoms with Crippen molar-refractivity contribution in [1.29, 1.82) is 0 Å². The summed E-state index contributed by atoms with van der Waals surface area (Å²) in [6, 6.07) is 4.35. The molecule has 3 N–H and O–H groups in total. The molecule has 0 aliphatic carbocycles. The number of nitrogens with one attached hydrogen (secondary N) is 1. The highest BCUT2D eigenvalue weighted by molar-refractivity contribution is 6.01. The van der Waals surface area contributed by atoms with Crippen LogP contribution in [0.3, 0.4) is 0 Å². The maximum Gasteiger partial charge on any atom is 0.292 e. The minimum Gasteiger partial charge on any atom is -0.393 e. The number of nitrogen functional groups attached to an aromatic ring is 1. The van der Waals surface area contributed by atoms with Crippen LogP contribution in [0.15, 0.2) is 18.2 Å². The first-order valence-electron chi connectivity index (χ1n) is 6.07. The first kappa shape index (κ1) is 13.3. The predicted octanol–water partition coefficient (Wildman–Crippen LogP) is 0.611. The van der Waals surface area contributed by atoms with Gasteiger partial charge in [-0.25, -0.2) is 0 Å². The van der Waals surface area contributed by atoms with Gasteiger partial charge in [-0.15, -0.1) is 0 Å². The van der Waals surface area contributed by atoms with E-state index >= 15 is 0 Å². The zero-order valence-electron chi connectivity index (χ0n) is 10.6. The third-order valence-electron chi connectivity index (χ3n) is 3.27. The highest BCUT2D eigenvalue weighted by Gasteiger charge is 2.27. The van der Waals surface area contributed by atoms with E-state index in [4.69, 9.17) is 5.73 Å². The summed E-state index contributed by atoms with van der Waals surface area (Å²) in [7, 11) is 0. The van der Waals surface area contributed by atoms with Crippen LogP contribution in [0.2, 0.25) is 0 Å². The van der Waals surface area contributed by atoms with Gasteiger partial charge < -0.3 is 16.0 Å². The van der Waals surface area contributed by atoms with E-state index in [1.165, 1.54) is 18.2 Å². The molecule has 1 aliphatic heterocycles. The minimum absolute atomic E-state index is 0.0416. The highest BCUT2D eigenvalue weighted by Crippen LogP contribution is 2.26. The van der Waals surface area contributed by atoms with Crippen molar-refractivity contribution in [2.45, 2.75) is 13.0 Å². The lowest BCUT2D eigenvalue weighted by molar-refractivity contribution is -0.383. The van der Waals surface area contributed by atoms with Gasteiger partial charge >= 0.3 is 0 Å². The number of benzene rings is 1. The lowest BCUT2D eigenvalue weighted by Crippen LogP contribution is -2.52. The molecule has 0 aromatic heterocycles. The smallest absolute Gasteiger partial charge is 0.292 e. The fraction of sp³-hybridized carbons (Fsp3) is 0.417. The Balaban J connectivity index is 2.33. The molecule has 1 aliphatic rings. The van der Waals surface area contributed by atoms with Crippen molar-refractivity contribution in [2.75, 3.05) is 25.4 Å². The molecular weight excluding hydrogens is 248 g/mol. The van der Waals surface area contributed by atoms with E-state index in [9.17, 15) is 14.9 Å². The number of carbonyl (C=O) groups is 1. The van der Waals surface area contributed by atoms with Crippen molar-refractivity contribution < 1.29 is 9.72 Å². The van der Waals surface area contributed by atoms with Crippen molar-refractivity contribution in [3.8, 4) is 0 Å². The summed E-state index contributed by atoms with van der Waals surface area (Å²) in [5.41, 5.74) is 5.64. The van der Waals surface area contributed by atoms with E-state index in [-0.39, 0.29) is 28.9 Å². The lowest BCUT2D eigenvalue weighted by Gasteiger charge is -2.34. The van der Waals surface area contributed by atoms with Crippen molar-refractivity contribution in [3.05, 3.63) is 33.9 Å². The predicted molar refractivity (Wildman–Crippen MR) is 70.9 cm³/mol. The second-order valence-corrected chi connectivity index (χ2v) is 4.55. The molecule has 0 radical (unpaired) electrons. The van der Waals surface area contributed by atoms with Gasteiger partial charge in [-0.2, -0.15) is 0 Å². The monoisotopic (exact) mass is 264 g/mol. The molecule has 19 heavy (non-hydrogen) atoms. The van der Waals surface area contributed by atoms with Crippen LogP contribution in [0.1, 0.15) is 17.3 Å². The number of nitro groups is 1. The summed E-state index contributed by atoms with van der Waals surface area (Å²) in [4.78, 5) is 24.3. The Labute approximate surface area is 110 Å². The quantitative estimate of drug-likeness (QED) is 0.463. The molecule has 1 heterocycles. The van der Waals surface area contributed by atoms with Crippen LogP contribution in [0, 0.1) is 10.1 Å². The fourth-order valence-electron chi connectivity index (χ4n) is 2.20. The fourth-order valence-corrected chi connectivity index (χ4v) is 2.20. The number of hydrogen-bond donors (Lipinski definition) is 2. The summed E-state index contributed by atoms with van der Waals surface area (Å²) < 4.78 is 0. The molecule has 0 unspecified atom stereocenters. The van der Waals surface area contributed by atoms with E-state index < -0.39 is 4.92 Å². The van der Waals surface area contributed by atoms with Crippen LogP contribution in [0.5, 0.6) is 0 Å². The van der Waals surface area contributed by atoms with Gasteiger partial charge in [-0.3, -0.25) is 14.9 Å². The molecule has 1 fully saturated rings. The van der Waals surface area contributed by atoms with Gasteiger partial charge in [-0.1, -0.05) is 6.07 Å². The van der Waals surface area contributed by atoms with Gasteiger partial charge in [0, 0.05) is 31.7 Å². The summed E-state index contributed by atoms with van der Waals surface area (Å²) >= 11 is 0. The highest BCUT2D eigenvalue weighted by atomic mass is 16.6. The number of rotatable bonds is 2. The van der Waals surface area contributed by atoms with Crippen LogP contribution in [-0.4, -0.2) is 41.4 Å². The molecule has 7 nitrogen and oxygen atoms in total. The number of nitro benzene ring substituents is 1. The molecular formula is C12H16N4O3. The molecule has 1 aromatic rings. The van der Waals surface area contributed by atoms with Crippen molar-refractivity contribution in [3.63, 3.8) is 0 Å². The molecule has 0 bridgehead atoms. The maximum atomic E-state index is 12.4. The van der Waals surface area contributed by atoms with Crippen LogP contribution in [-0.2, 0) is 0 Å². The Morgan fingerprint density at radius 3 is 2.95 bits per heavy atom. The van der Waals surface area contributed by atoms with E-state index in [1.54, 1.807) is 4.90 Å². The molecule has 1 saturated heterocycles. The average molecular weight is 264 g/mol. The van der Waals surface area contributed by atoms with E-state index in [1.807, 2.05) is 6.92 Å². The van der Waals surface area contributed by atoms with Gasteiger partial charge in [0.25, 0.3) is 11.6 Å². The van der Waals surface area contributed by atoms with Gasteiger partial charge in [0.05, 0.1) is 10.5 Å². The SMILES string of the molecule is C[C@@H]1CNCCN1C(=O)c1cccc([N+](=O)[O-])c1N. The number of nitrogens with two attached hydrogens (primary N) is 1. The summed E-state index contributed by atoms with van der Waals surface area (Å²) in [6.07, 6.45) is 0. The molecule has 102 valence electrons. The Kier molecular flexibility index (Phi) is 3.66. The Morgan fingerprint density at radius 2 is 2.32 bits per heavy atom. The molecule has 0 spiro atoms. The third-order valence-corrected chi connectivity index (χ3v) is 3.27. The Bertz CT molecular complexity index is 518. The zero-order chi connectivity index (χ0) is 14.0. The number of hydrogen-bond acceptors (Lipinski definition) is 5. The molecule has 1 aromatic carbocycles.